The summed E-state index contributed by atoms with van der Waals surface area (Å²) in [6.07, 6.45) is 0.557. The van der Waals surface area contributed by atoms with E-state index in [0.29, 0.717) is 48.8 Å². The van der Waals surface area contributed by atoms with E-state index in [4.69, 9.17) is 26.6 Å². The Morgan fingerprint density at radius 2 is 2.13 bits per heavy atom. The van der Waals surface area contributed by atoms with E-state index in [1.807, 2.05) is 12.1 Å². The van der Waals surface area contributed by atoms with Crippen LogP contribution in [0, 0.1) is 0 Å². The molecule has 126 valence electrons. The van der Waals surface area contributed by atoms with Crippen LogP contribution < -0.4 is 11.1 Å². The Morgan fingerprint density at radius 1 is 1.39 bits per heavy atom. The van der Waals surface area contributed by atoms with Crippen molar-refractivity contribution in [1.29, 1.82) is 0 Å². The highest BCUT2D eigenvalue weighted by atomic mass is 127. The molecule has 1 aromatic heterocycles. The third-order valence-electron chi connectivity index (χ3n) is 2.79. The van der Waals surface area contributed by atoms with Crippen LogP contribution in [0.3, 0.4) is 0 Å². The molecule has 0 aliphatic rings. The summed E-state index contributed by atoms with van der Waals surface area (Å²) in [5.41, 5.74) is 6.55. The number of hydrogen-bond donors (Lipinski definition) is 2. The Labute approximate surface area is 156 Å². The molecule has 0 saturated heterocycles. The zero-order valence-electron chi connectivity index (χ0n) is 12.7. The van der Waals surface area contributed by atoms with Crippen LogP contribution in [0.25, 0.3) is 11.4 Å². The van der Waals surface area contributed by atoms with Crippen molar-refractivity contribution in [3.63, 3.8) is 0 Å². The summed E-state index contributed by atoms with van der Waals surface area (Å²) in [5.74, 6) is 1.44. The zero-order chi connectivity index (χ0) is 15.8. The van der Waals surface area contributed by atoms with Crippen LogP contribution >= 0.6 is 35.6 Å². The number of rotatable bonds is 7. The van der Waals surface area contributed by atoms with Gasteiger partial charge < -0.3 is 20.3 Å². The molecule has 0 amide bonds. The lowest BCUT2D eigenvalue weighted by Crippen LogP contribution is -2.33. The molecule has 0 saturated carbocycles. The number of aromatic nitrogens is 2. The number of ether oxygens (including phenoxy) is 1. The van der Waals surface area contributed by atoms with Crippen LogP contribution in [0.2, 0.25) is 5.02 Å². The van der Waals surface area contributed by atoms with Gasteiger partial charge in [0.15, 0.2) is 5.96 Å². The first-order chi connectivity index (χ1) is 10.7. The summed E-state index contributed by atoms with van der Waals surface area (Å²) in [5, 5.41) is 7.58. The predicted molar refractivity (Wildman–Crippen MR) is 100 cm³/mol. The average molecular weight is 452 g/mol. The number of benzene rings is 1. The first-order valence-corrected chi connectivity index (χ1v) is 7.18. The standard InChI is InChI=1S/C14H18ClN5O2.HI/c1-21-9-8-18-14(16)17-7-6-12-19-13(20-22-12)10-2-4-11(15)5-3-10;/h2-5H,6-9H2,1H3,(H3,16,17,18);1H. The fraction of sp³-hybridized carbons (Fsp3) is 0.357. The molecule has 2 aromatic rings. The van der Waals surface area contributed by atoms with Gasteiger partial charge in [0.2, 0.25) is 11.7 Å². The summed E-state index contributed by atoms with van der Waals surface area (Å²) in [7, 11) is 1.62. The summed E-state index contributed by atoms with van der Waals surface area (Å²) >= 11 is 5.84. The Bertz CT molecular complexity index is 618. The molecule has 9 heteroatoms. The third kappa shape index (κ3) is 6.71. The average Bonchev–Trinajstić information content (AvgIpc) is 2.97. The molecule has 7 nitrogen and oxygen atoms in total. The number of aliphatic imine (C=N–C) groups is 1. The molecule has 1 aromatic carbocycles. The van der Waals surface area contributed by atoms with Crippen molar-refractivity contribution in [3.05, 3.63) is 35.2 Å². The van der Waals surface area contributed by atoms with E-state index in [1.165, 1.54) is 0 Å². The van der Waals surface area contributed by atoms with E-state index in [0.717, 1.165) is 5.56 Å². The van der Waals surface area contributed by atoms with Crippen LogP contribution in [-0.4, -0.2) is 42.9 Å². The van der Waals surface area contributed by atoms with Crippen molar-refractivity contribution in [2.24, 2.45) is 10.7 Å². The van der Waals surface area contributed by atoms with Gasteiger partial charge >= 0.3 is 0 Å². The Balaban J connectivity index is 0.00000264. The van der Waals surface area contributed by atoms with Crippen LogP contribution in [0.4, 0.5) is 0 Å². The molecule has 0 fully saturated rings. The minimum atomic E-state index is 0. The Morgan fingerprint density at radius 3 is 2.83 bits per heavy atom. The van der Waals surface area contributed by atoms with E-state index in [-0.39, 0.29) is 24.0 Å². The number of nitrogens with two attached hydrogens (primary N) is 1. The van der Waals surface area contributed by atoms with Crippen LogP contribution in [0.5, 0.6) is 0 Å². The largest absolute Gasteiger partial charge is 0.383 e. The smallest absolute Gasteiger partial charge is 0.228 e. The molecule has 0 aliphatic heterocycles. The van der Waals surface area contributed by atoms with Gasteiger partial charge in [-0.15, -0.1) is 24.0 Å². The fourth-order valence-electron chi connectivity index (χ4n) is 1.68. The molecule has 2 rings (SSSR count). The summed E-state index contributed by atoms with van der Waals surface area (Å²) in [4.78, 5) is 8.41. The molecule has 0 bridgehead atoms. The van der Waals surface area contributed by atoms with Gasteiger partial charge in [0, 0.05) is 30.7 Å². The molecule has 1 heterocycles. The van der Waals surface area contributed by atoms with Crippen LogP contribution in [0.15, 0.2) is 33.8 Å². The second-order valence-corrected chi connectivity index (χ2v) is 4.89. The molecular formula is C14H19ClIN5O2. The van der Waals surface area contributed by atoms with Crippen molar-refractivity contribution in [2.75, 3.05) is 26.8 Å². The normalized spacial score (nSPS) is 11.1. The topological polar surface area (TPSA) is 98.6 Å². The molecule has 0 aliphatic carbocycles. The SMILES string of the molecule is COCCN=C(N)NCCc1nc(-c2ccc(Cl)cc2)no1.I. The van der Waals surface area contributed by atoms with Gasteiger partial charge in [-0.1, -0.05) is 16.8 Å². The highest BCUT2D eigenvalue weighted by Crippen LogP contribution is 2.18. The van der Waals surface area contributed by atoms with Gasteiger partial charge in [-0.2, -0.15) is 4.98 Å². The van der Waals surface area contributed by atoms with E-state index in [2.05, 4.69) is 20.4 Å². The van der Waals surface area contributed by atoms with Gasteiger partial charge in [-0.3, -0.25) is 4.99 Å². The Kier molecular flexibility index (Phi) is 8.89. The van der Waals surface area contributed by atoms with Crippen LogP contribution in [-0.2, 0) is 11.2 Å². The van der Waals surface area contributed by atoms with E-state index in [1.54, 1.807) is 19.2 Å². The number of guanidine groups is 1. The minimum absolute atomic E-state index is 0. The highest BCUT2D eigenvalue weighted by molar-refractivity contribution is 14.0. The van der Waals surface area contributed by atoms with Gasteiger partial charge in [0.25, 0.3) is 0 Å². The van der Waals surface area contributed by atoms with Gasteiger partial charge in [0.1, 0.15) is 0 Å². The molecule has 0 atom stereocenters. The number of nitrogens with one attached hydrogen (secondary N) is 1. The van der Waals surface area contributed by atoms with E-state index < -0.39 is 0 Å². The second kappa shape index (κ2) is 10.4. The number of methoxy groups -OCH3 is 1. The van der Waals surface area contributed by atoms with Crippen molar-refractivity contribution in [2.45, 2.75) is 6.42 Å². The summed E-state index contributed by atoms with van der Waals surface area (Å²) in [6.45, 7) is 1.62. The van der Waals surface area contributed by atoms with Crippen molar-refractivity contribution in [3.8, 4) is 11.4 Å². The molecule has 0 unspecified atom stereocenters. The summed E-state index contributed by atoms with van der Waals surface area (Å²) < 4.78 is 10.1. The summed E-state index contributed by atoms with van der Waals surface area (Å²) in [6, 6.07) is 7.25. The lowest BCUT2D eigenvalue weighted by molar-refractivity contribution is 0.208. The van der Waals surface area contributed by atoms with Crippen molar-refractivity contribution >= 4 is 41.5 Å². The minimum Gasteiger partial charge on any atom is -0.383 e. The molecule has 23 heavy (non-hydrogen) atoms. The molecule has 0 radical (unpaired) electrons. The molecule has 3 N–H and O–H groups in total. The Hall–Kier alpha value is -1.39. The fourth-order valence-corrected chi connectivity index (χ4v) is 1.81. The number of hydrogen-bond acceptors (Lipinski definition) is 5. The van der Waals surface area contributed by atoms with Gasteiger partial charge in [-0.25, -0.2) is 0 Å². The van der Waals surface area contributed by atoms with E-state index in [9.17, 15) is 0 Å². The molecule has 0 spiro atoms. The van der Waals surface area contributed by atoms with Crippen molar-refractivity contribution in [1.82, 2.24) is 15.5 Å². The number of nitrogens with zero attached hydrogens (tertiary/aromatic N) is 3. The monoisotopic (exact) mass is 451 g/mol. The zero-order valence-corrected chi connectivity index (χ0v) is 15.7. The first kappa shape index (κ1) is 19.7. The maximum atomic E-state index is 5.84. The first-order valence-electron chi connectivity index (χ1n) is 6.80. The van der Waals surface area contributed by atoms with E-state index >= 15 is 0 Å². The third-order valence-corrected chi connectivity index (χ3v) is 3.05. The lowest BCUT2D eigenvalue weighted by atomic mass is 10.2. The van der Waals surface area contributed by atoms with Crippen molar-refractivity contribution < 1.29 is 9.26 Å². The second-order valence-electron chi connectivity index (χ2n) is 4.46. The maximum absolute atomic E-state index is 5.84. The lowest BCUT2D eigenvalue weighted by Gasteiger charge is -2.03. The van der Waals surface area contributed by atoms with Crippen LogP contribution in [0.1, 0.15) is 5.89 Å². The van der Waals surface area contributed by atoms with Gasteiger partial charge in [-0.05, 0) is 24.3 Å². The maximum Gasteiger partial charge on any atom is 0.228 e. The highest BCUT2D eigenvalue weighted by Gasteiger charge is 2.08. The predicted octanol–water partition coefficient (Wildman–Crippen LogP) is 2.10. The number of halogens is 2. The van der Waals surface area contributed by atoms with Gasteiger partial charge in [0.05, 0.1) is 13.2 Å². The molecular weight excluding hydrogens is 433 g/mol. The quantitative estimate of drug-likeness (QED) is 0.289.